The summed E-state index contributed by atoms with van der Waals surface area (Å²) in [5, 5.41) is 5.88. The van der Waals surface area contributed by atoms with Gasteiger partial charge in [-0.15, -0.1) is 0 Å². The molecule has 29 heavy (non-hydrogen) atoms. The molecule has 156 valence electrons. The quantitative estimate of drug-likeness (QED) is 0.675. The van der Waals surface area contributed by atoms with Gasteiger partial charge in [0.15, 0.2) is 12.4 Å². The van der Waals surface area contributed by atoms with Crippen LogP contribution in [0.4, 0.5) is 10.2 Å². The minimum absolute atomic E-state index is 0.133. The lowest BCUT2D eigenvalue weighted by molar-refractivity contribution is -0.119. The normalized spacial score (nSPS) is 15.1. The highest BCUT2D eigenvalue weighted by Crippen LogP contribution is 2.21. The second-order valence-electron chi connectivity index (χ2n) is 6.11. The van der Waals surface area contributed by atoms with Crippen LogP contribution in [0, 0.1) is 12.7 Å². The van der Waals surface area contributed by atoms with E-state index in [0.717, 1.165) is 18.2 Å². The summed E-state index contributed by atoms with van der Waals surface area (Å²) in [5.41, 5.74) is -0.593. The number of hydrogen-bond donors (Lipinski definition) is 1. The van der Waals surface area contributed by atoms with Gasteiger partial charge in [-0.05, 0) is 25.1 Å². The molecule has 12 heteroatoms. The average Bonchev–Trinajstić information content (AvgIpc) is 3.11. The van der Waals surface area contributed by atoms with Crippen LogP contribution >= 0.6 is 0 Å². The van der Waals surface area contributed by atoms with Crippen LogP contribution in [0.1, 0.15) is 16.1 Å². The van der Waals surface area contributed by atoms with Crippen LogP contribution < -0.4 is 5.32 Å². The maximum Gasteiger partial charge on any atom is 0.341 e. The molecule has 1 fully saturated rings. The Labute approximate surface area is 165 Å². The van der Waals surface area contributed by atoms with Crippen LogP contribution in [0.5, 0.6) is 0 Å². The number of nitrogens with zero attached hydrogens (tertiary/aromatic N) is 2. The van der Waals surface area contributed by atoms with Gasteiger partial charge in [0.25, 0.3) is 5.91 Å². The fourth-order valence-corrected chi connectivity index (χ4v) is 4.01. The largest absolute Gasteiger partial charge is 0.452 e. The molecule has 2 heterocycles. The number of halogens is 1. The molecule has 1 aliphatic heterocycles. The molecular weight excluding hydrogens is 409 g/mol. The Morgan fingerprint density at radius 3 is 2.66 bits per heavy atom. The van der Waals surface area contributed by atoms with E-state index in [4.69, 9.17) is 14.0 Å². The molecule has 0 saturated carbocycles. The van der Waals surface area contributed by atoms with Crippen molar-refractivity contribution in [1.82, 2.24) is 9.46 Å². The van der Waals surface area contributed by atoms with Crippen molar-refractivity contribution in [2.24, 2.45) is 0 Å². The number of aromatic nitrogens is 1. The predicted molar refractivity (Wildman–Crippen MR) is 96.1 cm³/mol. The number of ether oxygens (including phenoxy) is 2. The molecular formula is C17H18FN3O7S. The van der Waals surface area contributed by atoms with Gasteiger partial charge in [0.05, 0.1) is 23.7 Å². The van der Waals surface area contributed by atoms with Gasteiger partial charge < -0.3 is 19.3 Å². The molecule has 3 rings (SSSR count). The zero-order valence-corrected chi connectivity index (χ0v) is 16.2. The van der Waals surface area contributed by atoms with Gasteiger partial charge in [-0.1, -0.05) is 5.16 Å². The summed E-state index contributed by atoms with van der Waals surface area (Å²) in [5.74, 6) is -2.26. The number of hydrogen-bond acceptors (Lipinski definition) is 8. The second kappa shape index (κ2) is 8.68. The van der Waals surface area contributed by atoms with Gasteiger partial charge in [0, 0.05) is 19.2 Å². The zero-order chi connectivity index (χ0) is 21.0. The highest BCUT2D eigenvalue weighted by Gasteiger charge is 2.28. The Bertz CT molecular complexity index is 1020. The summed E-state index contributed by atoms with van der Waals surface area (Å²) in [6.07, 6.45) is 0. The minimum atomic E-state index is -3.92. The van der Waals surface area contributed by atoms with E-state index in [-0.39, 0.29) is 37.0 Å². The fourth-order valence-electron chi connectivity index (χ4n) is 2.57. The molecule has 0 radical (unpaired) electrons. The van der Waals surface area contributed by atoms with Gasteiger partial charge in [-0.3, -0.25) is 4.79 Å². The van der Waals surface area contributed by atoms with Gasteiger partial charge in [-0.25, -0.2) is 17.6 Å². The van der Waals surface area contributed by atoms with Crippen LogP contribution in [-0.2, 0) is 24.3 Å². The van der Waals surface area contributed by atoms with Crippen LogP contribution in [0.3, 0.4) is 0 Å². The maximum absolute atomic E-state index is 14.1. The molecule has 1 saturated heterocycles. The lowest BCUT2D eigenvalue weighted by atomic mass is 10.2. The molecule has 2 aromatic rings. The van der Waals surface area contributed by atoms with E-state index < -0.39 is 39.9 Å². The highest BCUT2D eigenvalue weighted by molar-refractivity contribution is 7.89. The Morgan fingerprint density at radius 1 is 1.28 bits per heavy atom. The first-order chi connectivity index (χ1) is 13.8. The first-order valence-corrected chi connectivity index (χ1v) is 9.99. The molecule has 0 atom stereocenters. The molecule has 1 aromatic carbocycles. The summed E-state index contributed by atoms with van der Waals surface area (Å²) in [4.78, 5) is 23.7. The molecule has 10 nitrogen and oxygen atoms in total. The van der Waals surface area contributed by atoms with Crippen molar-refractivity contribution in [3.8, 4) is 0 Å². The minimum Gasteiger partial charge on any atom is -0.452 e. The van der Waals surface area contributed by atoms with Crippen molar-refractivity contribution in [3.63, 3.8) is 0 Å². The molecule has 1 amide bonds. The number of nitrogens with one attached hydrogen (secondary N) is 1. The van der Waals surface area contributed by atoms with Gasteiger partial charge in [0.2, 0.25) is 10.0 Å². The molecule has 0 spiro atoms. The second-order valence-corrected chi connectivity index (χ2v) is 8.04. The summed E-state index contributed by atoms with van der Waals surface area (Å²) < 4.78 is 55.3. The van der Waals surface area contributed by atoms with E-state index in [1.165, 1.54) is 10.4 Å². The first-order valence-electron chi connectivity index (χ1n) is 8.55. The Morgan fingerprint density at radius 2 is 2.00 bits per heavy atom. The molecule has 0 aliphatic carbocycles. The number of esters is 1. The third-order valence-corrected chi connectivity index (χ3v) is 5.89. The van der Waals surface area contributed by atoms with Crippen LogP contribution in [0.25, 0.3) is 0 Å². The number of morpholine rings is 1. The van der Waals surface area contributed by atoms with E-state index in [9.17, 15) is 22.4 Å². The number of sulfonamides is 1. The van der Waals surface area contributed by atoms with Gasteiger partial charge in [-0.2, -0.15) is 4.31 Å². The van der Waals surface area contributed by atoms with E-state index in [1.54, 1.807) is 6.92 Å². The number of benzene rings is 1. The van der Waals surface area contributed by atoms with Crippen molar-refractivity contribution in [1.29, 1.82) is 0 Å². The molecule has 0 bridgehead atoms. The van der Waals surface area contributed by atoms with Crippen molar-refractivity contribution in [3.05, 3.63) is 41.4 Å². The first kappa shape index (κ1) is 20.9. The number of carbonyl (C=O) groups excluding carboxylic acids is 2. The number of carbonyl (C=O) groups is 2. The molecule has 1 aromatic heterocycles. The van der Waals surface area contributed by atoms with Crippen molar-refractivity contribution >= 4 is 27.7 Å². The van der Waals surface area contributed by atoms with Crippen LogP contribution in [0.15, 0.2) is 33.7 Å². The van der Waals surface area contributed by atoms with E-state index in [0.29, 0.717) is 5.76 Å². The summed E-state index contributed by atoms with van der Waals surface area (Å²) in [6, 6.07) is 4.28. The zero-order valence-electron chi connectivity index (χ0n) is 15.4. The van der Waals surface area contributed by atoms with Crippen LogP contribution in [0.2, 0.25) is 0 Å². The third kappa shape index (κ3) is 4.96. The smallest absolute Gasteiger partial charge is 0.341 e. The van der Waals surface area contributed by atoms with E-state index in [1.807, 2.05) is 0 Å². The molecule has 1 N–H and O–H groups in total. The van der Waals surface area contributed by atoms with Crippen molar-refractivity contribution in [2.45, 2.75) is 11.8 Å². The topological polar surface area (TPSA) is 128 Å². The van der Waals surface area contributed by atoms with E-state index >= 15 is 0 Å². The molecule has 0 unspecified atom stereocenters. The van der Waals surface area contributed by atoms with Crippen molar-refractivity contribution in [2.75, 3.05) is 38.2 Å². The summed E-state index contributed by atoms with van der Waals surface area (Å²) in [6.45, 7) is 1.71. The Hall–Kier alpha value is -2.83. The molecule has 1 aliphatic rings. The fraction of sp³-hybridized carbons (Fsp3) is 0.353. The summed E-state index contributed by atoms with van der Waals surface area (Å²) >= 11 is 0. The third-order valence-electron chi connectivity index (χ3n) is 4.00. The van der Waals surface area contributed by atoms with Crippen LogP contribution in [-0.4, -0.2) is 62.7 Å². The lowest BCUT2D eigenvalue weighted by Crippen LogP contribution is -2.40. The number of aryl methyl sites for hydroxylation is 1. The van der Waals surface area contributed by atoms with Crippen molar-refractivity contribution < 1.29 is 36.4 Å². The SMILES string of the molecule is Cc1cc(NC(=O)COC(=O)c2cc(S(=O)(=O)N3CCOCC3)ccc2F)no1. The monoisotopic (exact) mass is 427 g/mol. The predicted octanol–water partition coefficient (Wildman–Crippen LogP) is 0.939. The van der Waals surface area contributed by atoms with Gasteiger partial charge >= 0.3 is 5.97 Å². The average molecular weight is 427 g/mol. The number of anilines is 1. The number of amides is 1. The highest BCUT2D eigenvalue weighted by atomic mass is 32.2. The standard InChI is InChI=1S/C17H18FN3O7S/c1-11-8-15(20-28-11)19-16(22)10-27-17(23)13-9-12(2-3-14(13)18)29(24,25)21-4-6-26-7-5-21/h2-3,8-9H,4-7,10H2,1H3,(H,19,20,22). The summed E-state index contributed by atoms with van der Waals surface area (Å²) in [7, 11) is -3.92. The maximum atomic E-state index is 14.1. The van der Waals surface area contributed by atoms with Gasteiger partial charge in [0.1, 0.15) is 11.6 Å². The lowest BCUT2D eigenvalue weighted by Gasteiger charge is -2.26. The number of rotatable bonds is 6. The Kier molecular flexibility index (Phi) is 6.25. The Balaban J connectivity index is 1.68. The van der Waals surface area contributed by atoms with E-state index in [2.05, 4.69) is 10.5 Å².